The summed E-state index contributed by atoms with van der Waals surface area (Å²) in [6, 6.07) is 9.92. The molecule has 0 radical (unpaired) electrons. The largest absolute Gasteiger partial charge is 0.388 e. The number of thiazole rings is 1. The number of benzene rings is 1. The minimum Gasteiger partial charge on any atom is -0.388 e. The minimum absolute atomic E-state index is 0.0794. The second-order valence-corrected chi connectivity index (χ2v) is 6.47. The normalized spacial score (nSPS) is 16.2. The summed E-state index contributed by atoms with van der Waals surface area (Å²) in [5.41, 5.74) is 1.29. The minimum atomic E-state index is -0.673. The molecule has 2 aromatic rings. The summed E-state index contributed by atoms with van der Waals surface area (Å²) in [5, 5.41) is 15.5. The summed E-state index contributed by atoms with van der Waals surface area (Å²) in [5.74, 6) is -0.0794. The third-order valence-corrected chi connectivity index (χ3v) is 4.68. The van der Waals surface area contributed by atoms with Crippen molar-refractivity contribution in [3.05, 3.63) is 40.7 Å². The van der Waals surface area contributed by atoms with Gasteiger partial charge in [-0.2, -0.15) is 0 Å². The van der Waals surface area contributed by atoms with Gasteiger partial charge < -0.3 is 10.4 Å². The Balaban J connectivity index is 1.56. The summed E-state index contributed by atoms with van der Waals surface area (Å²) < 4.78 is 0. The molecule has 0 spiro atoms. The van der Waals surface area contributed by atoms with Crippen LogP contribution in [0.25, 0.3) is 11.3 Å². The van der Waals surface area contributed by atoms with Gasteiger partial charge in [-0.25, -0.2) is 4.98 Å². The molecule has 1 aromatic carbocycles. The van der Waals surface area contributed by atoms with Gasteiger partial charge in [-0.05, 0) is 19.3 Å². The lowest BCUT2D eigenvalue weighted by atomic mass is 9.80. The highest BCUT2D eigenvalue weighted by molar-refractivity contribution is 7.10. The molecule has 0 aliphatic heterocycles. The van der Waals surface area contributed by atoms with Gasteiger partial charge in [0.25, 0.3) is 0 Å². The van der Waals surface area contributed by atoms with Gasteiger partial charge in [0.15, 0.2) is 0 Å². The maximum Gasteiger partial charge on any atom is 0.226 e. The van der Waals surface area contributed by atoms with Crippen LogP contribution in [0.5, 0.6) is 0 Å². The molecule has 1 aliphatic carbocycles. The van der Waals surface area contributed by atoms with E-state index in [0.29, 0.717) is 6.54 Å². The molecule has 1 heterocycles. The highest BCUT2D eigenvalue weighted by Crippen LogP contribution is 2.30. The number of carbonyl (C=O) groups excluding carboxylic acids is 1. The molecule has 21 heavy (non-hydrogen) atoms. The highest BCUT2D eigenvalue weighted by Gasteiger charge is 2.34. The zero-order valence-corrected chi connectivity index (χ0v) is 12.5. The Morgan fingerprint density at radius 3 is 2.76 bits per heavy atom. The Labute approximate surface area is 127 Å². The van der Waals surface area contributed by atoms with Crippen LogP contribution in [0.3, 0.4) is 0 Å². The fourth-order valence-corrected chi connectivity index (χ4v) is 3.16. The van der Waals surface area contributed by atoms with E-state index in [9.17, 15) is 9.90 Å². The molecule has 3 rings (SSSR count). The van der Waals surface area contributed by atoms with E-state index in [4.69, 9.17) is 0 Å². The lowest BCUT2D eigenvalue weighted by molar-refractivity contribution is -0.122. The van der Waals surface area contributed by atoms with Crippen LogP contribution in [-0.2, 0) is 11.2 Å². The van der Waals surface area contributed by atoms with E-state index in [2.05, 4.69) is 10.3 Å². The predicted molar refractivity (Wildman–Crippen MR) is 83.1 cm³/mol. The van der Waals surface area contributed by atoms with E-state index in [0.717, 1.165) is 35.5 Å². The average molecular weight is 302 g/mol. The smallest absolute Gasteiger partial charge is 0.226 e. The first-order valence-corrected chi connectivity index (χ1v) is 8.02. The number of aliphatic hydroxyl groups is 1. The van der Waals surface area contributed by atoms with Crippen LogP contribution in [0.1, 0.15) is 24.3 Å². The zero-order chi connectivity index (χ0) is 14.7. The fourth-order valence-electron chi connectivity index (χ4n) is 2.36. The number of hydrogen-bond donors (Lipinski definition) is 2. The Morgan fingerprint density at radius 1 is 1.33 bits per heavy atom. The molecular weight excluding hydrogens is 284 g/mol. The third kappa shape index (κ3) is 3.49. The van der Waals surface area contributed by atoms with Gasteiger partial charge in [0.2, 0.25) is 5.91 Å². The Bertz CT molecular complexity index is 620. The molecule has 5 heteroatoms. The summed E-state index contributed by atoms with van der Waals surface area (Å²) in [4.78, 5) is 16.4. The summed E-state index contributed by atoms with van der Waals surface area (Å²) in [6.45, 7) is 0.350. The highest BCUT2D eigenvalue weighted by atomic mass is 32.1. The number of aromatic nitrogens is 1. The number of carbonyl (C=O) groups is 1. The van der Waals surface area contributed by atoms with Gasteiger partial charge >= 0.3 is 0 Å². The van der Waals surface area contributed by atoms with Crippen LogP contribution in [0.15, 0.2) is 35.7 Å². The maximum atomic E-state index is 11.9. The SMILES string of the molecule is O=C(Cc1nc(-c2ccccc2)cs1)NCC1(O)CCC1. The second kappa shape index (κ2) is 5.95. The van der Waals surface area contributed by atoms with Crippen molar-refractivity contribution in [1.29, 1.82) is 0 Å². The number of hydrogen-bond acceptors (Lipinski definition) is 4. The number of amides is 1. The van der Waals surface area contributed by atoms with Crippen LogP contribution < -0.4 is 5.32 Å². The predicted octanol–water partition coefficient (Wildman–Crippen LogP) is 2.38. The topological polar surface area (TPSA) is 62.2 Å². The maximum absolute atomic E-state index is 11.9. The Hall–Kier alpha value is -1.72. The molecule has 1 saturated carbocycles. The third-order valence-electron chi connectivity index (χ3n) is 3.83. The van der Waals surface area contributed by atoms with Crippen molar-refractivity contribution in [2.24, 2.45) is 0 Å². The van der Waals surface area contributed by atoms with Gasteiger partial charge in [-0.3, -0.25) is 4.79 Å². The van der Waals surface area contributed by atoms with Crippen LogP contribution in [0.2, 0.25) is 0 Å². The van der Waals surface area contributed by atoms with Crippen molar-refractivity contribution in [3.63, 3.8) is 0 Å². The van der Waals surface area contributed by atoms with E-state index in [1.54, 1.807) is 0 Å². The Morgan fingerprint density at radius 2 is 2.10 bits per heavy atom. The molecule has 110 valence electrons. The average Bonchev–Trinajstić information content (AvgIpc) is 2.92. The van der Waals surface area contributed by atoms with Crippen molar-refractivity contribution < 1.29 is 9.90 Å². The molecular formula is C16H18N2O2S. The van der Waals surface area contributed by atoms with Gasteiger partial charge in [-0.1, -0.05) is 30.3 Å². The standard InChI is InChI=1S/C16H18N2O2S/c19-14(17-11-16(20)7-4-8-16)9-15-18-13(10-21-15)12-5-2-1-3-6-12/h1-3,5-6,10,20H,4,7-9,11H2,(H,17,19). The van der Waals surface area contributed by atoms with Crippen molar-refractivity contribution in [2.75, 3.05) is 6.54 Å². The van der Waals surface area contributed by atoms with E-state index in [-0.39, 0.29) is 12.3 Å². The number of nitrogens with zero attached hydrogens (tertiary/aromatic N) is 1. The molecule has 0 bridgehead atoms. The van der Waals surface area contributed by atoms with Crippen molar-refractivity contribution in [1.82, 2.24) is 10.3 Å². The van der Waals surface area contributed by atoms with Crippen LogP contribution in [0, 0.1) is 0 Å². The summed E-state index contributed by atoms with van der Waals surface area (Å²) in [6.07, 6.45) is 2.87. The molecule has 0 saturated heterocycles. The Kier molecular flexibility index (Phi) is 4.03. The van der Waals surface area contributed by atoms with Gasteiger partial charge in [0.1, 0.15) is 5.01 Å². The van der Waals surface area contributed by atoms with Crippen molar-refractivity contribution >= 4 is 17.2 Å². The molecule has 0 atom stereocenters. The zero-order valence-electron chi connectivity index (χ0n) is 11.7. The van der Waals surface area contributed by atoms with Crippen LogP contribution >= 0.6 is 11.3 Å². The molecule has 1 aliphatic rings. The molecule has 4 nitrogen and oxygen atoms in total. The van der Waals surface area contributed by atoms with Crippen molar-refractivity contribution in [3.8, 4) is 11.3 Å². The molecule has 0 unspecified atom stereocenters. The summed E-state index contributed by atoms with van der Waals surface area (Å²) >= 11 is 1.49. The van der Waals surface area contributed by atoms with Gasteiger partial charge in [0.05, 0.1) is 17.7 Å². The first kappa shape index (κ1) is 14.2. The first-order chi connectivity index (χ1) is 10.1. The lowest BCUT2D eigenvalue weighted by Gasteiger charge is -2.36. The van der Waals surface area contributed by atoms with Crippen LogP contribution in [-0.4, -0.2) is 28.1 Å². The number of nitrogens with one attached hydrogen (secondary N) is 1. The molecule has 1 aromatic heterocycles. The fraction of sp³-hybridized carbons (Fsp3) is 0.375. The van der Waals surface area contributed by atoms with Crippen LogP contribution in [0.4, 0.5) is 0 Å². The first-order valence-electron chi connectivity index (χ1n) is 7.14. The van der Waals surface area contributed by atoms with E-state index in [1.165, 1.54) is 11.3 Å². The number of rotatable bonds is 5. The van der Waals surface area contributed by atoms with E-state index in [1.807, 2.05) is 35.7 Å². The molecule has 2 N–H and O–H groups in total. The monoisotopic (exact) mass is 302 g/mol. The molecule has 1 amide bonds. The van der Waals surface area contributed by atoms with Crippen molar-refractivity contribution in [2.45, 2.75) is 31.3 Å². The second-order valence-electron chi connectivity index (χ2n) is 5.52. The summed E-state index contributed by atoms with van der Waals surface area (Å²) in [7, 11) is 0. The molecule has 1 fully saturated rings. The quantitative estimate of drug-likeness (QED) is 0.891. The lowest BCUT2D eigenvalue weighted by Crippen LogP contribution is -2.48. The van der Waals surface area contributed by atoms with Gasteiger partial charge in [-0.15, -0.1) is 11.3 Å². The van der Waals surface area contributed by atoms with E-state index >= 15 is 0 Å². The van der Waals surface area contributed by atoms with E-state index < -0.39 is 5.60 Å². The van der Waals surface area contributed by atoms with Gasteiger partial charge in [0, 0.05) is 17.5 Å².